The summed E-state index contributed by atoms with van der Waals surface area (Å²) in [6.45, 7) is 0.0440. The minimum absolute atomic E-state index is 0.0440. The largest absolute Gasteiger partial charge is 0.288 e. The molecule has 4 nitrogen and oxygen atoms in total. The zero-order valence-electron chi connectivity index (χ0n) is 15.6. The van der Waals surface area contributed by atoms with Crippen LogP contribution in [-0.4, -0.2) is 29.0 Å². The first-order valence-corrected chi connectivity index (χ1v) is 9.55. The van der Waals surface area contributed by atoms with E-state index in [9.17, 15) is 18.8 Å². The Kier molecular flexibility index (Phi) is 5.29. The molecule has 3 aromatic rings. The van der Waals surface area contributed by atoms with Crippen molar-refractivity contribution in [3.63, 3.8) is 0 Å². The second kappa shape index (κ2) is 8.05. The fraction of sp³-hybridized carbons (Fsp3) is 0.0417. The van der Waals surface area contributed by atoms with Gasteiger partial charge in [-0.3, -0.25) is 19.3 Å². The number of halogens is 2. The number of amides is 2. The molecule has 0 radical (unpaired) electrons. The summed E-state index contributed by atoms with van der Waals surface area (Å²) < 4.78 is 14.1. The second-order valence-corrected chi connectivity index (χ2v) is 7.15. The van der Waals surface area contributed by atoms with Crippen LogP contribution in [-0.2, 0) is 0 Å². The zero-order chi connectivity index (χ0) is 21.3. The van der Waals surface area contributed by atoms with Crippen LogP contribution in [0.1, 0.15) is 42.2 Å². The van der Waals surface area contributed by atoms with Crippen molar-refractivity contribution in [2.45, 2.75) is 0 Å². The molecule has 2 amide bonds. The molecule has 0 aliphatic carbocycles. The Morgan fingerprint density at radius 2 is 1.53 bits per heavy atom. The molecule has 0 N–H and O–H groups in total. The van der Waals surface area contributed by atoms with Gasteiger partial charge in [-0.2, -0.15) is 0 Å². The Morgan fingerprint density at radius 1 is 0.900 bits per heavy atom. The van der Waals surface area contributed by atoms with Gasteiger partial charge in [0.15, 0.2) is 5.78 Å². The van der Waals surface area contributed by atoms with Crippen molar-refractivity contribution < 1.29 is 18.8 Å². The van der Waals surface area contributed by atoms with E-state index in [2.05, 4.69) is 0 Å². The first-order valence-electron chi connectivity index (χ1n) is 9.18. The maximum Gasteiger partial charge on any atom is 0.261 e. The molecule has 30 heavy (non-hydrogen) atoms. The van der Waals surface area contributed by atoms with Crippen molar-refractivity contribution in [3.8, 4) is 0 Å². The monoisotopic (exact) mass is 419 g/mol. The number of hydrogen-bond acceptors (Lipinski definition) is 3. The van der Waals surface area contributed by atoms with Gasteiger partial charge in [0.05, 0.1) is 16.7 Å². The molecule has 0 saturated carbocycles. The van der Waals surface area contributed by atoms with Gasteiger partial charge >= 0.3 is 0 Å². The Hall–Kier alpha value is -3.57. The molecule has 0 aromatic heterocycles. The Morgan fingerprint density at radius 3 is 2.20 bits per heavy atom. The van der Waals surface area contributed by atoms with E-state index in [4.69, 9.17) is 11.6 Å². The molecule has 1 aliphatic rings. The highest BCUT2D eigenvalue weighted by Crippen LogP contribution is 2.24. The van der Waals surface area contributed by atoms with Crippen molar-refractivity contribution in [1.29, 1.82) is 0 Å². The van der Waals surface area contributed by atoms with Gasteiger partial charge in [0.1, 0.15) is 5.82 Å². The maximum atomic E-state index is 14.1. The number of fused-ring (bicyclic) bond motifs is 1. The molecule has 1 aliphatic heterocycles. The molecule has 3 aromatic carbocycles. The third-order valence-electron chi connectivity index (χ3n) is 4.84. The van der Waals surface area contributed by atoms with Crippen molar-refractivity contribution in [2.75, 3.05) is 6.54 Å². The number of carbonyl (C=O) groups is 3. The number of nitrogens with zero attached hydrogens (tertiary/aromatic N) is 1. The van der Waals surface area contributed by atoms with E-state index in [1.165, 1.54) is 24.3 Å². The van der Waals surface area contributed by atoms with E-state index < -0.39 is 11.6 Å². The minimum Gasteiger partial charge on any atom is -0.288 e. The smallest absolute Gasteiger partial charge is 0.261 e. The average molecular weight is 420 g/mol. The van der Waals surface area contributed by atoms with E-state index in [1.807, 2.05) is 0 Å². The van der Waals surface area contributed by atoms with E-state index in [-0.39, 0.29) is 29.5 Å². The van der Waals surface area contributed by atoms with Gasteiger partial charge in [0.25, 0.3) is 11.8 Å². The minimum atomic E-state index is -0.622. The van der Waals surface area contributed by atoms with Crippen LogP contribution in [0.3, 0.4) is 0 Å². The highest BCUT2D eigenvalue weighted by molar-refractivity contribution is 6.31. The number of carbonyl (C=O) groups excluding carboxylic acids is 3. The predicted molar refractivity (Wildman–Crippen MR) is 112 cm³/mol. The summed E-state index contributed by atoms with van der Waals surface area (Å²) in [5, 5.41) is 0.340. The number of imide groups is 1. The highest BCUT2D eigenvalue weighted by Gasteiger charge is 2.34. The number of ketones is 1. The van der Waals surface area contributed by atoms with Crippen LogP contribution in [0.4, 0.5) is 4.39 Å². The fourth-order valence-electron chi connectivity index (χ4n) is 3.35. The second-order valence-electron chi connectivity index (χ2n) is 6.71. The molecule has 1 heterocycles. The van der Waals surface area contributed by atoms with Crippen molar-refractivity contribution in [3.05, 3.63) is 111 Å². The first-order chi connectivity index (χ1) is 14.5. The lowest BCUT2D eigenvalue weighted by molar-refractivity contribution is 0.0672. The summed E-state index contributed by atoms with van der Waals surface area (Å²) in [7, 11) is 0. The summed E-state index contributed by atoms with van der Waals surface area (Å²) in [5.41, 5.74) is 1.42. The van der Waals surface area contributed by atoms with Crippen LogP contribution in [0.25, 0.3) is 6.08 Å². The van der Waals surface area contributed by atoms with Gasteiger partial charge in [-0.25, -0.2) is 4.39 Å². The van der Waals surface area contributed by atoms with Gasteiger partial charge in [0, 0.05) is 17.1 Å². The summed E-state index contributed by atoms with van der Waals surface area (Å²) in [6, 6.07) is 17.1. The topological polar surface area (TPSA) is 54.5 Å². The molecular weight excluding hydrogens is 405 g/mol. The predicted octanol–water partition coefficient (Wildman–Crippen LogP) is 5.02. The van der Waals surface area contributed by atoms with Crippen molar-refractivity contribution in [1.82, 2.24) is 4.90 Å². The molecule has 148 valence electrons. The van der Waals surface area contributed by atoms with E-state index in [0.717, 1.165) is 4.90 Å². The van der Waals surface area contributed by atoms with Gasteiger partial charge in [-0.15, -0.1) is 0 Å². The summed E-state index contributed by atoms with van der Waals surface area (Å²) in [6.07, 6.45) is 3.23. The summed E-state index contributed by atoms with van der Waals surface area (Å²) >= 11 is 6.05. The van der Waals surface area contributed by atoms with Crippen LogP contribution in [0.15, 0.2) is 72.8 Å². The number of rotatable bonds is 5. The molecular formula is C24H15ClFNO3. The van der Waals surface area contributed by atoms with Crippen LogP contribution in [0.2, 0.25) is 5.02 Å². The van der Waals surface area contributed by atoms with Crippen LogP contribution in [0, 0.1) is 5.82 Å². The Bertz CT molecular complexity index is 1180. The lowest BCUT2D eigenvalue weighted by Gasteiger charge is -2.11. The van der Waals surface area contributed by atoms with E-state index in [1.54, 1.807) is 54.6 Å². The van der Waals surface area contributed by atoms with Gasteiger partial charge in [-0.05, 0) is 42.0 Å². The molecule has 0 bridgehead atoms. The molecule has 0 fully saturated rings. The number of benzene rings is 3. The normalized spacial score (nSPS) is 13.2. The van der Waals surface area contributed by atoms with Crippen LogP contribution in [0.5, 0.6) is 0 Å². The Labute approximate surface area is 177 Å². The third kappa shape index (κ3) is 3.55. The third-order valence-corrected chi connectivity index (χ3v) is 5.08. The molecule has 0 saturated heterocycles. The molecule has 6 heteroatoms. The SMILES string of the molecule is O=C(c1ccccc1F)c1cc(Cl)ccc1C=CCN1C(=O)c2ccccc2C1=O. The molecule has 4 rings (SSSR count). The van der Waals surface area contributed by atoms with E-state index >= 15 is 0 Å². The molecule has 0 atom stereocenters. The lowest BCUT2D eigenvalue weighted by atomic mass is 9.97. The number of hydrogen-bond donors (Lipinski definition) is 0. The maximum absolute atomic E-state index is 14.1. The fourth-order valence-corrected chi connectivity index (χ4v) is 3.52. The highest BCUT2D eigenvalue weighted by atomic mass is 35.5. The zero-order valence-corrected chi connectivity index (χ0v) is 16.4. The van der Waals surface area contributed by atoms with Crippen molar-refractivity contribution >= 4 is 35.3 Å². The van der Waals surface area contributed by atoms with Gasteiger partial charge in [-0.1, -0.05) is 54.1 Å². The first kappa shape index (κ1) is 19.7. The summed E-state index contributed by atoms with van der Waals surface area (Å²) in [5.74, 6) is -1.85. The summed E-state index contributed by atoms with van der Waals surface area (Å²) in [4.78, 5) is 38.9. The van der Waals surface area contributed by atoms with Crippen LogP contribution < -0.4 is 0 Å². The quantitative estimate of drug-likeness (QED) is 0.431. The van der Waals surface area contributed by atoms with E-state index in [0.29, 0.717) is 21.7 Å². The van der Waals surface area contributed by atoms with Gasteiger partial charge < -0.3 is 0 Å². The van der Waals surface area contributed by atoms with Crippen molar-refractivity contribution in [2.24, 2.45) is 0 Å². The van der Waals surface area contributed by atoms with Gasteiger partial charge in [0.2, 0.25) is 0 Å². The standard InChI is InChI=1S/C24H15ClFNO3/c25-16-12-11-15(20(14-16)22(28)19-9-3-4-10-21(19)26)6-5-13-27-23(29)17-7-1-2-8-18(17)24(27)30/h1-12,14H,13H2. The lowest BCUT2D eigenvalue weighted by Crippen LogP contribution is -2.29. The average Bonchev–Trinajstić information content (AvgIpc) is 2.99. The van der Waals surface area contributed by atoms with Crippen LogP contribution >= 0.6 is 11.6 Å². The Balaban J connectivity index is 1.60. The molecule has 0 unspecified atom stereocenters. The molecule has 0 spiro atoms.